The Morgan fingerprint density at radius 1 is 1.31 bits per heavy atom. The minimum absolute atomic E-state index is 0.224. The van der Waals surface area contributed by atoms with Gasteiger partial charge in [-0.3, -0.25) is 0 Å². The highest BCUT2D eigenvalue weighted by Gasteiger charge is 2.14. The summed E-state index contributed by atoms with van der Waals surface area (Å²) in [6, 6.07) is 2.08. The van der Waals surface area contributed by atoms with E-state index in [1.54, 1.807) is 0 Å². The standard InChI is InChI=1S/C10H12ClN5/c1-6(2)16-10(12-5-13-16)8-4-7(3)14-15-9(8)11/h4-6H,1-3H3. The SMILES string of the molecule is Cc1cc(-c2ncnn2C(C)C)c(Cl)nn1. The third-order valence-corrected chi connectivity index (χ3v) is 2.45. The zero-order valence-electron chi connectivity index (χ0n) is 9.35. The summed E-state index contributed by atoms with van der Waals surface area (Å²) in [7, 11) is 0. The van der Waals surface area contributed by atoms with Crippen molar-refractivity contribution in [1.82, 2.24) is 25.0 Å². The molecule has 0 aromatic carbocycles. The van der Waals surface area contributed by atoms with E-state index in [0.29, 0.717) is 5.15 Å². The van der Waals surface area contributed by atoms with Crippen LogP contribution in [0.5, 0.6) is 0 Å². The van der Waals surface area contributed by atoms with Gasteiger partial charge in [-0.2, -0.15) is 10.2 Å². The Balaban J connectivity index is 2.58. The lowest BCUT2D eigenvalue weighted by Crippen LogP contribution is -2.06. The fraction of sp³-hybridized carbons (Fsp3) is 0.400. The zero-order valence-corrected chi connectivity index (χ0v) is 10.1. The van der Waals surface area contributed by atoms with Crippen LogP contribution in [0.15, 0.2) is 12.4 Å². The third-order valence-electron chi connectivity index (χ3n) is 2.17. The first kappa shape index (κ1) is 11.0. The van der Waals surface area contributed by atoms with Gasteiger partial charge < -0.3 is 0 Å². The molecule has 5 nitrogen and oxygen atoms in total. The Morgan fingerprint density at radius 3 is 2.75 bits per heavy atom. The molecular weight excluding hydrogens is 226 g/mol. The fourth-order valence-corrected chi connectivity index (χ4v) is 1.63. The maximum absolute atomic E-state index is 6.01. The highest BCUT2D eigenvalue weighted by atomic mass is 35.5. The Bertz CT molecular complexity index is 506. The van der Waals surface area contributed by atoms with Gasteiger partial charge >= 0.3 is 0 Å². The van der Waals surface area contributed by atoms with Gasteiger partial charge in [-0.1, -0.05) is 11.6 Å². The zero-order chi connectivity index (χ0) is 11.7. The van der Waals surface area contributed by atoms with Crippen LogP contribution in [0, 0.1) is 6.92 Å². The van der Waals surface area contributed by atoms with Crippen molar-refractivity contribution in [3.05, 3.63) is 23.2 Å². The second-order valence-electron chi connectivity index (χ2n) is 3.81. The smallest absolute Gasteiger partial charge is 0.162 e. The predicted octanol–water partition coefficient (Wildman–Crippen LogP) is 2.28. The van der Waals surface area contributed by atoms with E-state index in [1.807, 2.05) is 31.5 Å². The van der Waals surface area contributed by atoms with E-state index >= 15 is 0 Å². The van der Waals surface area contributed by atoms with E-state index in [0.717, 1.165) is 17.1 Å². The van der Waals surface area contributed by atoms with E-state index in [-0.39, 0.29) is 6.04 Å². The molecule has 0 aliphatic carbocycles. The van der Waals surface area contributed by atoms with E-state index in [2.05, 4.69) is 20.3 Å². The number of aryl methyl sites for hydroxylation is 1. The van der Waals surface area contributed by atoms with Crippen molar-refractivity contribution in [2.45, 2.75) is 26.8 Å². The van der Waals surface area contributed by atoms with Crippen LogP contribution in [-0.4, -0.2) is 25.0 Å². The molecule has 2 aromatic heterocycles. The summed E-state index contributed by atoms with van der Waals surface area (Å²) in [5, 5.41) is 12.3. The molecule has 16 heavy (non-hydrogen) atoms. The van der Waals surface area contributed by atoms with Crippen LogP contribution in [0.4, 0.5) is 0 Å². The molecule has 0 spiro atoms. The summed E-state index contributed by atoms with van der Waals surface area (Å²) < 4.78 is 1.81. The first-order valence-electron chi connectivity index (χ1n) is 4.99. The summed E-state index contributed by atoms with van der Waals surface area (Å²) in [6.45, 7) is 5.93. The molecule has 0 saturated heterocycles. The molecule has 0 bridgehead atoms. The molecule has 0 fully saturated rings. The lowest BCUT2D eigenvalue weighted by Gasteiger charge is -2.09. The van der Waals surface area contributed by atoms with Gasteiger partial charge in [0.25, 0.3) is 0 Å². The summed E-state index contributed by atoms with van der Waals surface area (Å²) >= 11 is 6.01. The predicted molar refractivity (Wildman–Crippen MR) is 61.2 cm³/mol. The van der Waals surface area contributed by atoms with Crippen molar-refractivity contribution in [2.75, 3.05) is 0 Å². The molecule has 0 aliphatic heterocycles. The van der Waals surface area contributed by atoms with Gasteiger partial charge in [0.15, 0.2) is 11.0 Å². The van der Waals surface area contributed by atoms with Gasteiger partial charge in [0.1, 0.15) is 6.33 Å². The maximum atomic E-state index is 6.01. The fourth-order valence-electron chi connectivity index (χ4n) is 1.45. The van der Waals surface area contributed by atoms with Crippen LogP contribution in [0.1, 0.15) is 25.6 Å². The maximum Gasteiger partial charge on any atom is 0.162 e. The van der Waals surface area contributed by atoms with Gasteiger partial charge in [0.05, 0.1) is 11.3 Å². The summed E-state index contributed by atoms with van der Waals surface area (Å²) in [5.41, 5.74) is 1.57. The van der Waals surface area contributed by atoms with Crippen LogP contribution >= 0.6 is 11.6 Å². The van der Waals surface area contributed by atoms with Gasteiger partial charge in [-0.05, 0) is 26.8 Å². The second kappa shape index (κ2) is 4.17. The molecule has 0 radical (unpaired) electrons. The molecule has 2 heterocycles. The monoisotopic (exact) mass is 237 g/mol. The molecule has 0 atom stereocenters. The van der Waals surface area contributed by atoms with Crippen LogP contribution < -0.4 is 0 Å². The first-order valence-corrected chi connectivity index (χ1v) is 5.37. The largest absolute Gasteiger partial charge is 0.243 e. The summed E-state index contributed by atoms with van der Waals surface area (Å²) in [6.07, 6.45) is 1.52. The van der Waals surface area contributed by atoms with Crippen molar-refractivity contribution < 1.29 is 0 Å². The Morgan fingerprint density at radius 2 is 2.06 bits per heavy atom. The second-order valence-corrected chi connectivity index (χ2v) is 4.17. The number of halogens is 1. The Kier molecular flexibility index (Phi) is 2.87. The summed E-state index contributed by atoms with van der Waals surface area (Å²) in [5.74, 6) is 0.720. The topological polar surface area (TPSA) is 56.5 Å². The molecular formula is C10H12ClN5. The molecule has 84 valence electrons. The average Bonchev–Trinajstić information content (AvgIpc) is 2.70. The van der Waals surface area contributed by atoms with Crippen molar-refractivity contribution in [3.63, 3.8) is 0 Å². The van der Waals surface area contributed by atoms with Crippen molar-refractivity contribution in [3.8, 4) is 11.4 Å². The number of aromatic nitrogens is 5. The van der Waals surface area contributed by atoms with Gasteiger partial charge in [0, 0.05) is 6.04 Å². The molecule has 6 heteroatoms. The normalized spacial score (nSPS) is 11.1. The van der Waals surface area contributed by atoms with E-state index in [9.17, 15) is 0 Å². The molecule has 0 saturated carbocycles. The minimum Gasteiger partial charge on any atom is -0.243 e. The molecule has 2 rings (SSSR count). The van der Waals surface area contributed by atoms with Gasteiger partial charge in [-0.25, -0.2) is 9.67 Å². The lowest BCUT2D eigenvalue weighted by molar-refractivity contribution is 0.537. The van der Waals surface area contributed by atoms with Crippen LogP contribution in [-0.2, 0) is 0 Å². The summed E-state index contributed by atoms with van der Waals surface area (Å²) in [4.78, 5) is 4.21. The highest BCUT2D eigenvalue weighted by molar-refractivity contribution is 6.31. The number of nitrogens with zero attached hydrogens (tertiary/aromatic N) is 5. The molecule has 0 N–H and O–H groups in total. The van der Waals surface area contributed by atoms with Gasteiger partial charge in [-0.15, -0.1) is 5.10 Å². The Labute approximate surface area is 98.5 Å². The highest BCUT2D eigenvalue weighted by Crippen LogP contribution is 2.25. The molecule has 0 unspecified atom stereocenters. The first-order chi connectivity index (χ1) is 7.59. The van der Waals surface area contributed by atoms with Crippen molar-refractivity contribution in [2.24, 2.45) is 0 Å². The number of rotatable bonds is 2. The Hall–Kier alpha value is -1.49. The molecule has 2 aromatic rings. The molecule has 0 amide bonds. The van der Waals surface area contributed by atoms with E-state index in [4.69, 9.17) is 11.6 Å². The van der Waals surface area contributed by atoms with E-state index in [1.165, 1.54) is 6.33 Å². The van der Waals surface area contributed by atoms with Crippen LogP contribution in [0.3, 0.4) is 0 Å². The van der Waals surface area contributed by atoms with Crippen molar-refractivity contribution >= 4 is 11.6 Å². The third kappa shape index (κ3) is 1.90. The quantitative estimate of drug-likeness (QED) is 0.804. The molecule has 0 aliphatic rings. The van der Waals surface area contributed by atoms with E-state index < -0.39 is 0 Å². The lowest BCUT2D eigenvalue weighted by atomic mass is 10.2. The van der Waals surface area contributed by atoms with Crippen LogP contribution in [0.25, 0.3) is 11.4 Å². The average molecular weight is 238 g/mol. The number of hydrogen-bond donors (Lipinski definition) is 0. The van der Waals surface area contributed by atoms with Crippen LogP contribution in [0.2, 0.25) is 5.15 Å². The van der Waals surface area contributed by atoms with Crippen molar-refractivity contribution in [1.29, 1.82) is 0 Å². The van der Waals surface area contributed by atoms with Gasteiger partial charge in [0.2, 0.25) is 0 Å². The number of hydrogen-bond acceptors (Lipinski definition) is 4. The minimum atomic E-state index is 0.224.